The van der Waals surface area contributed by atoms with Crippen LogP contribution in [0.2, 0.25) is 0 Å². The average Bonchev–Trinajstić information content (AvgIpc) is 2.76. The second-order valence-corrected chi connectivity index (χ2v) is 6.69. The fourth-order valence-electron chi connectivity index (χ4n) is 3.33. The minimum Gasteiger partial charge on any atom is -0.459 e. The number of hydrogen-bond donors (Lipinski definition) is 3. The Hall–Kier alpha value is -2.25. The molecule has 0 aromatic carbocycles. The van der Waals surface area contributed by atoms with E-state index in [1.807, 2.05) is 4.90 Å². The van der Waals surface area contributed by atoms with Crippen molar-refractivity contribution in [3.05, 3.63) is 12.4 Å². The lowest BCUT2D eigenvalue weighted by Gasteiger charge is -2.41. The first-order valence-electron chi connectivity index (χ1n) is 9.20. The molecule has 3 rings (SSSR count). The van der Waals surface area contributed by atoms with Gasteiger partial charge in [0.1, 0.15) is 24.4 Å². The maximum absolute atomic E-state index is 11.5. The third kappa shape index (κ3) is 4.67. The molecule has 5 atom stereocenters. The van der Waals surface area contributed by atoms with Gasteiger partial charge >= 0.3 is 6.09 Å². The molecular weight excluding hydrogens is 388 g/mol. The summed E-state index contributed by atoms with van der Waals surface area (Å²) in [6.07, 6.45) is -3.13. The summed E-state index contributed by atoms with van der Waals surface area (Å²) in [5.74, 6) is 0.699. The van der Waals surface area contributed by atoms with E-state index in [9.17, 15) is 20.1 Å². The molecule has 0 spiro atoms. The summed E-state index contributed by atoms with van der Waals surface area (Å²) in [5.41, 5.74) is 0. The van der Waals surface area contributed by atoms with Crippen LogP contribution in [-0.2, 0) is 14.2 Å². The van der Waals surface area contributed by atoms with Crippen LogP contribution < -0.4 is 9.64 Å². The molecule has 3 N–H and O–H groups in total. The number of ether oxygens (including phenoxy) is 4. The fourth-order valence-corrected chi connectivity index (χ4v) is 3.33. The van der Waals surface area contributed by atoms with Gasteiger partial charge < -0.3 is 44.1 Å². The topological polar surface area (TPSA) is 147 Å². The average molecular weight is 414 g/mol. The Morgan fingerprint density at radius 3 is 2.38 bits per heavy atom. The van der Waals surface area contributed by atoms with Gasteiger partial charge in [0.15, 0.2) is 5.75 Å². The molecule has 2 saturated heterocycles. The molecule has 12 heteroatoms. The van der Waals surface area contributed by atoms with Crippen molar-refractivity contribution >= 4 is 12.0 Å². The van der Waals surface area contributed by atoms with Gasteiger partial charge in [-0.3, -0.25) is 0 Å². The minimum absolute atomic E-state index is 0.228. The molecule has 0 aliphatic carbocycles. The zero-order chi connectivity index (χ0) is 21.0. The van der Waals surface area contributed by atoms with Gasteiger partial charge in [-0.1, -0.05) is 0 Å². The first-order valence-corrected chi connectivity index (χ1v) is 9.20. The van der Waals surface area contributed by atoms with Gasteiger partial charge in [-0.15, -0.1) is 0 Å². The summed E-state index contributed by atoms with van der Waals surface area (Å²) in [6, 6.07) is 0. The van der Waals surface area contributed by atoms with Crippen molar-refractivity contribution in [3.63, 3.8) is 0 Å². The highest BCUT2D eigenvalue weighted by atomic mass is 16.7. The molecule has 1 aromatic heterocycles. The van der Waals surface area contributed by atoms with Crippen LogP contribution in [0.25, 0.3) is 0 Å². The standard InChI is InChI=1S/C17H26N4O8/c1-26-14-11(9-22)29-15(13(24)12(14)23)28-10-7-18-16(19-8-10)20-3-5-21(6-4-20)17(25)27-2/h7-8,11-15,22-24H,3-6,9H2,1-2H3/t11-,12-,13-,14-,15-/m1/s1. The third-order valence-electron chi connectivity index (χ3n) is 4.95. The second kappa shape index (κ2) is 9.50. The first-order chi connectivity index (χ1) is 14.0. The van der Waals surface area contributed by atoms with Gasteiger partial charge in [0.25, 0.3) is 0 Å². The van der Waals surface area contributed by atoms with E-state index in [2.05, 4.69) is 9.97 Å². The van der Waals surface area contributed by atoms with Gasteiger partial charge in [-0.25, -0.2) is 14.8 Å². The van der Waals surface area contributed by atoms with E-state index in [1.54, 1.807) is 4.90 Å². The molecule has 12 nitrogen and oxygen atoms in total. The van der Waals surface area contributed by atoms with Gasteiger partial charge in [0, 0.05) is 33.3 Å². The summed E-state index contributed by atoms with van der Waals surface area (Å²) in [7, 11) is 2.70. The lowest BCUT2D eigenvalue weighted by Crippen LogP contribution is -2.60. The van der Waals surface area contributed by atoms with E-state index in [-0.39, 0.29) is 11.8 Å². The summed E-state index contributed by atoms with van der Waals surface area (Å²) in [4.78, 5) is 23.6. The Balaban J connectivity index is 1.59. The zero-order valence-electron chi connectivity index (χ0n) is 16.2. The fraction of sp³-hybridized carbons (Fsp3) is 0.706. The molecule has 1 amide bonds. The number of methoxy groups -OCH3 is 2. The predicted molar refractivity (Wildman–Crippen MR) is 97.4 cm³/mol. The highest BCUT2D eigenvalue weighted by molar-refractivity contribution is 5.67. The molecule has 3 heterocycles. The van der Waals surface area contributed by atoms with Crippen molar-refractivity contribution < 1.29 is 39.1 Å². The number of piperazine rings is 1. The lowest BCUT2D eigenvalue weighted by molar-refractivity contribution is -0.281. The summed E-state index contributed by atoms with van der Waals surface area (Å²) in [6.45, 7) is 1.70. The SMILES string of the molecule is COC(=O)N1CCN(c2ncc(O[C@@H]3O[C@H](CO)[C@@H](OC)[C@H](O)[C@H]3O)cn2)CC1. The highest BCUT2D eigenvalue weighted by Gasteiger charge is 2.45. The van der Waals surface area contributed by atoms with Gasteiger partial charge in [0.05, 0.1) is 26.1 Å². The monoisotopic (exact) mass is 414 g/mol. The second-order valence-electron chi connectivity index (χ2n) is 6.69. The summed E-state index contributed by atoms with van der Waals surface area (Å²) < 4.78 is 20.8. The van der Waals surface area contributed by atoms with Crippen LogP contribution in [0.15, 0.2) is 12.4 Å². The van der Waals surface area contributed by atoms with Crippen LogP contribution in [0.4, 0.5) is 10.7 Å². The maximum Gasteiger partial charge on any atom is 0.409 e. The number of amides is 1. The minimum atomic E-state index is -1.38. The number of aliphatic hydroxyl groups excluding tert-OH is 3. The molecular formula is C17H26N4O8. The zero-order valence-corrected chi connectivity index (χ0v) is 16.2. The number of hydrogen-bond acceptors (Lipinski definition) is 11. The molecule has 1 aromatic rings. The molecule has 0 bridgehead atoms. The van der Waals surface area contributed by atoms with Crippen molar-refractivity contribution in [1.29, 1.82) is 0 Å². The number of carbonyl (C=O) groups is 1. The predicted octanol–water partition coefficient (Wildman–Crippen LogP) is -1.80. The Morgan fingerprint density at radius 2 is 1.83 bits per heavy atom. The Kier molecular flexibility index (Phi) is 7.03. The Morgan fingerprint density at radius 1 is 1.17 bits per heavy atom. The van der Waals surface area contributed by atoms with Gasteiger partial charge in [-0.2, -0.15) is 0 Å². The number of carbonyl (C=O) groups excluding carboxylic acids is 1. The smallest absolute Gasteiger partial charge is 0.409 e. The van der Waals surface area contributed by atoms with Crippen molar-refractivity contribution in [2.75, 3.05) is 51.9 Å². The van der Waals surface area contributed by atoms with Crippen molar-refractivity contribution in [3.8, 4) is 5.75 Å². The van der Waals surface area contributed by atoms with E-state index in [0.717, 1.165) is 0 Å². The molecule has 2 aliphatic rings. The molecule has 0 unspecified atom stereocenters. The lowest BCUT2D eigenvalue weighted by atomic mass is 9.99. The number of rotatable bonds is 5. The number of anilines is 1. The summed E-state index contributed by atoms with van der Waals surface area (Å²) in [5, 5.41) is 29.8. The molecule has 162 valence electrons. The van der Waals surface area contributed by atoms with Gasteiger partial charge in [-0.05, 0) is 0 Å². The molecule has 2 fully saturated rings. The number of aliphatic hydroxyl groups is 3. The van der Waals surface area contributed by atoms with Crippen LogP contribution >= 0.6 is 0 Å². The Bertz CT molecular complexity index is 668. The van der Waals surface area contributed by atoms with Crippen LogP contribution in [0.1, 0.15) is 0 Å². The highest BCUT2D eigenvalue weighted by Crippen LogP contribution is 2.25. The van der Waals surface area contributed by atoms with Crippen molar-refractivity contribution in [2.45, 2.75) is 30.7 Å². The largest absolute Gasteiger partial charge is 0.459 e. The van der Waals surface area contributed by atoms with E-state index in [0.29, 0.717) is 32.1 Å². The summed E-state index contributed by atoms with van der Waals surface area (Å²) >= 11 is 0. The van der Waals surface area contributed by atoms with E-state index in [1.165, 1.54) is 26.6 Å². The van der Waals surface area contributed by atoms with Crippen molar-refractivity contribution in [1.82, 2.24) is 14.9 Å². The quantitative estimate of drug-likeness (QED) is 0.501. The Labute approximate surface area is 167 Å². The van der Waals surface area contributed by atoms with Gasteiger partial charge in [0.2, 0.25) is 12.2 Å². The molecule has 2 aliphatic heterocycles. The molecule has 0 radical (unpaired) electrons. The third-order valence-corrected chi connectivity index (χ3v) is 4.95. The van der Waals surface area contributed by atoms with Crippen LogP contribution in [0, 0.1) is 0 Å². The maximum atomic E-state index is 11.5. The van der Waals surface area contributed by atoms with E-state index < -0.39 is 37.3 Å². The van der Waals surface area contributed by atoms with Crippen LogP contribution in [0.5, 0.6) is 5.75 Å². The normalized spacial score (nSPS) is 30.2. The van der Waals surface area contributed by atoms with E-state index in [4.69, 9.17) is 18.9 Å². The first kappa shape index (κ1) is 21.5. The molecule has 0 saturated carbocycles. The number of aromatic nitrogens is 2. The van der Waals surface area contributed by atoms with Crippen LogP contribution in [0.3, 0.4) is 0 Å². The van der Waals surface area contributed by atoms with Crippen LogP contribution in [-0.4, -0.2) is 114 Å². The van der Waals surface area contributed by atoms with E-state index >= 15 is 0 Å². The number of nitrogens with zero attached hydrogens (tertiary/aromatic N) is 4. The molecule has 29 heavy (non-hydrogen) atoms. The van der Waals surface area contributed by atoms with Crippen molar-refractivity contribution in [2.24, 2.45) is 0 Å².